The van der Waals surface area contributed by atoms with Gasteiger partial charge < -0.3 is 4.74 Å². The summed E-state index contributed by atoms with van der Waals surface area (Å²) in [6.45, 7) is 2.26. The second kappa shape index (κ2) is 17.9. The van der Waals surface area contributed by atoms with Crippen LogP contribution in [0.4, 0.5) is 0 Å². The second-order valence-electron chi connectivity index (χ2n) is 8.48. The maximum absolute atomic E-state index is 11.4. The molecule has 0 aliphatic carbocycles. The average Bonchev–Trinajstić information content (AvgIpc) is 3.00. The Bertz CT molecular complexity index is 428. The summed E-state index contributed by atoms with van der Waals surface area (Å²) in [7, 11) is 0. The van der Waals surface area contributed by atoms with Gasteiger partial charge in [-0.05, 0) is 32.1 Å². The van der Waals surface area contributed by atoms with Gasteiger partial charge in [-0.15, -0.1) is 0 Å². The third-order valence-electron chi connectivity index (χ3n) is 5.78. The minimum atomic E-state index is -0.343. The van der Waals surface area contributed by atoms with E-state index >= 15 is 0 Å². The van der Waals surface area contributed by atoms with Crippen molar-refractivity contribution in [3.8, 4) is 0 Å². The summed E-state index contributed by atoms with van der Waals surface area (Å²) in [5.74, 6) is -0.803. The van der Waals surface area contributed by atoms with Crippen molar-refractivity contribution in [2.75, 3.05) is 0 Å². The first kappa shape index (κ1) is 24.9. The number of allylic oxidation sites excluding steroid dienone is 2. The highest BCUT2D eigenvalue weighted by molar-refractivity contribution is 5.94. The molecule has 28 heavy (non-hydrogen) atoms. The maximum Gasteiger partial charge on any atom is 0.317 e. The highest BCUT2D eigenvalue weighted by Crippen LogP contribution is 2.22. The Morgan fingerprint density at radius 2 is 1.18 bits per heavy atom. The number of cyclic esters (lactones) is 2. The van der Waals surface area contributed by atoms with Crippen LogP contribution in [0.3, 0.4) is 0 Å². The van der Waals surface area contributed by atoms with Crippen LogP contribution in [0.5, 0.6) is 0 Å². The molecule has 0 aromatic carbocycles. The molecule has 1 heterocycles. The molecular formula is C25H44O3. The largest absolute Gasteiger partial charge is 0.393 e. The lowest BCUT2D eigenvalue weighted by atomic mass is 9.98. The van der Waals surface area contributed by atoms with Crippen molar-refractivity contribution in [3.63, 3.8) is 0 Å². The fourth-order valence-electron chi connectivity index (χ4n) is 3.91. The van der Waals surface area contributed by atoms with Crippen LogP contribution in [0.2, 0.25) is 0 Å². The fraction of sp³-hybridized carbons (Fsp3) is 0.840. The topological polar surface area (TPSA) is 43.4 Å². The SMILES string of the molecule is CCCCC/C=C/CCCCCCCCCCCCCCC1CC(=O)OC1=O. The van der Waals surface area contributed by atoms with Crippen LogP contribution in [-0.2, 0) is 14.3 Å². The molecule has 0 radical (unpaired) electrons. The van der Waals surface area contributed by atoms with Gasteiger partial charge in [0.05, 0.1) is 12.3 Å². The van der Waals surface area contributed by atoms with E-state index in [1.807, 2.05) is 0 Å². The normalized spacial score (nSPS) is 17.0. The predicted octanol–water partition coefficient (Wildman–Crippen LogP) is 7.67. The van der Waals surface area contributed by atoms with Crippen LogP contribution in [0, 0.1) is 5.92 Å². The molecule has 0 aromatic heterocycles. The summed E-state index contributed by atoms with van der Waals surface area (Å²) >= 11 is 0. The van der Waals surface area contributed by atoms with Gasteiger partial charge in [-0.25, -0.2) is 0 Å². The molecule has 1 saturated heterocycles. The summed E-state index contributed by atoms with van der Waals surface area (Å²) in [6.07, 6.45) is 28.2. The van der Waals surface area contributed by atoms with Gasteiger partial charge >= 0.3 is 11.9 Å². The van der Waals surface area contributed by atoms with Crippen LogP contribution in [0.1, 0.15) is 129 Å². The molecular weight excluding hydrogens is 348 g/mol. The minimum absolute atomic E-state index is 0.158. The summed E-state index contributed by atoms with van der Waals surface area (Å²) < 4.78 is 4.58. The first-order valence-electron chi connectivity index (χ1n) is 12.1. The first-order valence-corrected chi connectivity index (χ1v) is 12.1. The van der Waals surface area contributed by atoms with Crippen molar-refractivity contribution in [2.24, 2.45) is 5.92 Å². The van der Waals surface area contributed by atoms with E-state index in [9.17, 15) is 9.59 Å². The minimum Gasteiger partial charge on any atom is -0.393 e. The van der Waals surface area contributed by atoms with Crippen molar-refractivity contribution in [1.29, 1.82) is 0 Å². The van der Waals surface area contributed by atoms with Crippen LogP contribution >= 0.6 is 0 Å². The fourth-order valence-corrected chi connectivity index (χ4v) is 3.91. The Labute approximate surface area is 173 Å². The lowest BCUT2D eigenvalue weighted by Crippen LogP contribution is -2.06. The average molecular weight is 393 g/mol. The molecule has 0 saturated carbocycles. The zero-order valence-electron chi connectivity index (χ0n) is 18.4. The molecule has 1 atom stereocenters. The Morgan fingerprint density at radius 1 is 0.714 bits per heavy atom. The van der Waals surface area contributed by atoms with Crippen molar-refractivity contribution < 1.29 is 14.3 Å². The Kier molecular flexibility index (Phi) is 16.0. The number of rotatable bonds is 19. The molecule has 1 rings (SSSR count). The smallest absolute Gasteiger partial charge is 0.317 e. The molecule has 0 N–H and O–H groups in total. The van der Waals surface area contributed by atoms with E-state index in [0.29, 0.717) is 6.42 Å². The highest BCUT2D eigenvalue weighted by atomic mass is 16.6. The number of carbonyl (C=O) groups excluding carboxylic acids is 2. The molecule has 3 nitrogen and oxygen atoms in total. The van der Waals surface area contributed by atoms with E-state index in [1.54, 1.807) is 0 Å². The Morgan fingerprint density at radius 3 is 1.64 bits per heavy atom. The molecule has 0 aromatic rings. The van der Waals surface area contributed by atoms with E-state index in [4.69, 9.17) is 0 Å². The van der Waals surface area contributed by atoms with Crippen LogP contribution in [-0.4, -0.2) is 11.9 Å². The number of ether oxygens (including phenoxy) is 1. The summed E-state index contributed by atoms with van der Waals surface area (Å²) in [5.41, 5.74) is 0. The number of hydrogen-bond donors (Lipinski definition) is 0. The monoisotopic (exact) mass is 392 g/mol. The van der Waals surface area contributed by atoms with Gasteiger partial charge in [0.2, 0.25) is 0 Å². The van der Waals surface area contributed by atoms with E-state index in [0.717, 1.165) is 12.8 Å². The number of unbranched alkanes of at least 4 members (excludes halogenated alkanes) is 15. The van der Waals surface area contributed by atoms with Gasteiger partial charge in [0.25, 0.3) is 0 Å². The van der Waals surface area contributed by atoms with E-state index in [-0.39, 0.29) is 17.9 Å². The molecule has 1 aliphatic rings. The quantitative estimate of drug-likeness (QED) is 0.0980. The lowest BCUT2D eigenvalue weighted by Gasteiger charge is -2.05. The molecule has 0 bridgehead atoms. The first-order chi connectivity index (χ1) is 13.7. The molecule has 162 valence electrons. The van der Waals surface area contributed by atoms with E-state index < -0.39 is 0 Å². The van der Waals surface area contributed by atoms with Gasteiger partial charge in [0.15, 0.2) is 0 Å². The second-order valence-corrected chi connectivity index (χ2v) is 8.48. The standard InChI is InChI=1S/C25H44O3/c1-2-3-4-5-6-7-8-9-10-11-12-13-14-15-16-17-18-19-20-21-23-22-24(26)28-25(23)27/h6-7,23H,2-5,8-22H2,1H3/b7-6+. The van der Waals surface area contributed by atoms with Gasteiger partial charge in [0, 0.05) is 0 Å². The van der Waals surface area contributed by atoms with Gasteiger partial charge in [-0.2, -0.15) is 0 Å². The van der Waals surface area contributed by atoms with Crippen LogP contribution < -0.4 is 0 Å². The number of hydrogen-bond acceptors (Lipinski definition) is 3. The molecule has 0 amide bonds. The molecule has 3 heteroatoms. The summed E-state index contributed by atoms with van der Waals surface area (Å²) in [4.78, 5) is 22.4. The number of esters is 2. The van der Waals surface area contributed by atoms with E-state index in [2.05, 4.69) is 23.8 Å². The summed E-state index contributed by atoms with van der Waals surface area (Å²) in [5, 5.41) is 0. The highest BCUT2D eigenvalue weighted by Gasteiger charge is 2.32. The van der Waals surface area contributed by atoms with Crippen molar-refractivity contribution in [1.82, 2.24) is 0 Å². The van der Waals surface area contributed by atoms with E-state index in [1.165, 1.54) is 103 Å². The number of carbonyl (C=O) groups is 2. The van der Waals surface area contributed by atoms with Gasteiger partial charge in [-0.1, -0.05) is 103 Å². The zero-order chi connectivity index (χ0) is 20.3. The van der Waals surface area contributed by atoms with Crippen LogP contribution in [0.15, 0.2) is 12.2 Å². The van der Waals surface area contributed by atoms with Crippen molar-refractivity contribution in [3.05, 3.63) is 12.2 Å². The molecule has 0 spiro atoms. The zero-order valence-corrected chi connectivity index (χ0v) is 18.4. The Balaban J connectivity index is 1.72. The Hall–Kier alpha value is -1.12. The third kappa shape index (κ3) is 14.0. The molecule has 1 fully saturated rings. The maximum atomic E-state index is 11.4. The van der Waals surface area contributed by atoms with Crippen LogP contribution in [0.25, 0.3) is 0 Å². The summed E-state index contributed by atoms with van der Waals surface area (Å²) in [6, 6.07) is 0. The third-order valence-corrected chi connectivity index (χ3v) is 5.78. The van der Waals surface area contributed by atoms with Gasteiger partial charge in [0.1, 0.15) is 0 Å². The van der Waals surface area contributed by atoms with Crippen molar-refractivity contribution >= 4 is 11.9 Å². The van der Waals surface area contributed by atoms with Crippen molar-refractivity contribution in [2.45, 2.75) is 129 Å². The molecule has 1 unspecified atom stereocenters. The molecule has 1 aliphatic heterocycles. The predicted molar refractivity (Wildman–Crippen MR) is 117 cm³/mol. The lowest BCUT2D eigenvalue weighted by molar-refractivity contribution is -0.153. The van der Waals surface area contributed by atoms with Gasteiger partial charge in [-0.3, -0.25) is 9.59 Å².